The van der Waals surface area contributed by atoms with Crippen molar-refractivity contribution in [2.45, 2.75) is 17.5 Å². The highest BCUT2D eigenvalue weighted by molar-refractivity contribution is 7.92. The minimum atomic E-state index is -4.54. The van der Waals surface area contributed by atoms with Crippen LogP contribution in [0.5, 0.6) is 5.75 Å². The molecule has 1 fully saturated rings. The van der Waals surface area contributed by atoms with E-state index in [1.165, 1.54) is 19.2 Å². The van der Waals surface area contributed by atoms with Gasteiger partial charge in [0.25, 0.3) is 10.0 Å². The van der Waals surface area contributed by atoms with E-state index in [0.717, 1.165) is 42.6 Å². The van der Waals surface area contributed by atoms with Crippen molar-refractivity contribution in [2.75, 3.05) is 56.1 Å². The van der Waals surface area contributed by atoms with Gasteiger partial charge in [-0.15, -0.1) is 12.4 Å². The zero-order valence-corrected chi connectivity index (χ0v) is 19.4. The monoisotopic (exact) mass is 491 g/mol. The number of benzene rings is 2. The highest BCUT2D eigenvalue weighted by Gasteiger charge is 2.36. The van der Waals surface area contributed by atoms with Crippen LogP contribution in [0, 0.1) is 0 Å². The van der Waals surface area contributed by atoms with E-state index in [4.69, 9.17) is 4.74 Å². The van der Waals surface area contributed by atoms with Gasteiger partial charge in [0.2, 0.25) is 0 Å². The molecule has 32 heavy (non-hydrogen) atoms. The minimum Gasteiger partial charge on any atom is -0.495 e. The highest BCUT2D eigenvalue weighted by atomic mass is 35.5. The molecule has 6 nitrogen and oxygen atoms in total. The third-order valence-electron chi connectivity index (χ3n) is 5.85. The molecular formula is C21H25ClF3N3O3S. The van der Waals surface area contributed by atoms with Crippen LogP contribution < -0.4 is 13.9 Å². The molecule has 0 bridgehead atoms. The third kappa shape index (κ3) is 4.49. The maximum absolute atomic E-state index is 13.4. The van der Waals surface area contributed by atoms with Gasteiger partial charge in [0.1, 0.15) is 5.75 Å². The molecule has 2 aromatic carbocycles. The first-order chi connectivity index (χ1) is 14.6. The normalized spacial score (nSPS) is 17.2. The van der Waals surface area contributed by atoms with Gasteiger partial charge in [-0.2, -0.15) is 13.2 Å². The summed E-state index contributed by atoms with van der Waals surface area (Å²) < 4.78 is 72.9. The summed E-state index contributed by atoms with van der Waals surface area (Å²) in [5.74, 6) is 0.560. The molecule has 0 saturated carbocycles. The molecule has 176 valence electrons. The van der Waals surface area contributed by atoms with Crippen LogP contribution in [0.4, 0.5) is 24.5 Å². The summed E-state index contributed by atoms with van der Waals surface area (Å²) in [4.78, 5) is 4.29. The van der Waals surface area contributed by atoms with Gasteiger partial charge in [0, 0.05) is 32.7 Å². The number of alkyl halides is 3. The van der Waals surface area contributed by atoms with Crippen molar-refractivity contribution < 1.29 is 26.3 Å². The molecule has 0 radical (unpaired) electrons. The van der Waals surface area contributed by atoms with E-state index in [1.807, 2.05) is 7.05 Å². The fourth-order valence-electron chi connectivity index (χ4n) is 4.03. The minimum absolute atomic E-state index is 0. The lowest BCUT2D eigenvalue weighted by Crippen LogP contribution is -2.44. The number of hydrogen-bond acceptors (Lipinski definition) is 5. The Kier molecular flexibility index (Phi) is 6.88. The van der Waals surface area contributed by atoms with Gasteiger partial charge in [-0.25, -0.2) is 8.42 Å². The van der Waals surface area contributed by atoms with Gasteiger partial charge in [-0.05, 0) is 49.4 Å². The predicted molar refractivity (Wildman–Crippen MR) is 120 cm³/mol. The smallest absolute Gasteiger partial charge is 0.416 e. The predicted octanol–water partition coefficient (Wildman–Crippen LogP) is 3.64. The average molecular weight is 492 g/mol. The third-order valence-corrected chi connectivity index (χ3v) is 7.66. The van der Waals surface area contributed by atoms with E-state index in [2.05, 4.69) is 9.80 Å². The standard InChI is InChI=1S/C21H24F3N3O3S.ClH/c1-25-9-11-26(12-10-25)19-14-17(5-6-20(19)30-2)31(28,29)27-8-7-15-3-4-16(13-18(15)27)21(22,23)24;/h3-6,13-14H,7-12H2,1-2H3;1H. The first kappa shape index (κ1) is 24.5. The second-order valence-corrected chi connectivity index (χ2v) is 9.65. The number of sulfonamides is 1. The molecule has 0 N–H and O–H groups in total. The lowest BCUT2D eigenvalue weighted by molar-refractivity contribution is -0.137. The molecule has 0 unspecified atom stereocenters. The summed E-state index contributed by atoms with van der Waals surface area (Å²) in [6.07, 6.45) is -4.17. The van der Waals surface area contributed by atoms with Gasteiger partial charge < -0.3 is 14.5 Å². The van der Waals surface area contributed by atoms with E-state index < -0.39 is 21.8 Å². The van der Waals surface area contributed by atoms with Crippen LogP contribution in [-0.2, 0) is 22.6 Å². The summed E-state index contributed by atoms with van der Waals surface area (Å²) in [5, 5.41) is 0. The zero-order valence-electron chi connectivity index (χ0n) is 17.7. The molecule has 4 rings (SSSR count). The van der Waals surface area contributed by atoms with Gasteiger partial charge >= 0.3 is 6.18 Å². The van der Waals surface area contributed by atoms with Gasteiger partial charge in [-0.3, -0.25) is 4.31 Å². The summed E-state index contributed by atoms with van der Waals surface area (Å²) in [6, 6.07) is 7.88. The second kappa shape index (κ2) is 8.99. The van der Waals surface area contributed by atoms with Crippen molar-refractivity contribution in [3.63, 3.8) is 0 Å². The van der Waals surface area contributed by atoms with Crippen molar-refractivity contribution >= 4 is 33.8 Å². The van der Waals surface area contributed by atoms with Crippen LogP contribution in [-0.4, -0.2) is 60.2 Å². The molecule has 1 saturated heterocycles. The molecule has 2 aromatic rings. The number of piperazine rings is 1. The molecule has 2 heterocycles. The fourth-order valence-corrected chi connectivity index (χ4v) is 5.54. The van der Waals surface area contributed by atoms with Crippen LogP contribution in [0.1, 0.15) is 11.1 Å². The Balaban J connectivity index is 0.00000289. The highest BCUT2D eigenvalue weighted by Crippen LogP contribution is 2.40. The number of rotatable bonds is 4. The lowest BCUT2D eigenvalue weighted by Gasteiger charge is -2.35. The Morgan fingerprint density at radius 2 is 1.62 bits per heavy atom. The molecule has 0 aliphatic carbocycles. The largest absolute Gasteiger partial charge is 0.495 e. The van der Waals surface area contributed by atoms with Crippen LogP contribution in [0.25, 0.3) is 0 Å². The molecule has 0 amide bonds. The van der Waals surface area contributed by atoms with Crippen LogP contribution >= 0.6 is 12.4 Å². The maximum Gasteiger partial charge on any atom is 0.416 e. The molecule has 0 spiro atoms. The second-order valence-electron chi connectivity index (χ2n) is 7.79. The molecule has 11 heteroatoms. The van der Waals surface area contributed by atoms with E-state index in [0.29, 0.717) is 23.4 Å². The lowest BCUT2D eigenvalue weighted by atomic mass is 10.1. The number of likely N-dealkylation sites (N-methyl/N-ethyl adjacent to an activating group) is 1. The van der Waals surface area contributed by atoms with Crippen LogP contribution in [0.3, 0.4) is 0 Å². The van der Waals surface area contributed by atoms with Gasteiger partial charge in [0.05, 0.1) is 28.9 Å². The Labute approximate surface area is 192 Å². The molecular weight excluding hydrogens is 467 g/mol. The van der Waals surface area contributed by atoms with Crippen LogP contribution in [0.2, 0.25) is 0 Å². The number of ether oxygens (including phenoxy) is 1. The number of anilines is 2. The van der Waals surface area contributed by atoms with Crippen molar-refractivity contribution in [2.24, 2.45) is 0 Å². The zero-order chi connectivity index (χ0) is 22.4. The number of nitrogens with zero attached hydrogens (tertiary/aromatic N) is 3. The van der Waals surface area contributed by atoms with Crippen molar-refractivity contribution in [3.8, 4) is 5.75 Å². The topological polar surface area (TPSA) is 53.1 Å². The molecule has 0 aromatic heterocycles. The maximum atomic E-state index is 13.4. The van der Waals surface area contributed by atoms with Crippen molar-refractivity contribution in [1.29, 1.82) is 0 Å². The van der Waals surface area contributed by atoms with Gasteiger partial charge in [-0.1, -0.05) is 6.07 Å². The van der Waals surface area contributed by atoms with E-state index >= 15 is 0 Å². The first-order valence-electron chi connectivity index (χ1n) is 9.95. The van der Waals surface area contributed by atoms with Crippen molar-refractivity contribution in [3.05, 3.63) is 47.5 Å². The first-order valence-corrected chi connectivity index (χ1v) is 11.4. The summed E-state index contributed by atoms with van der Waals surface area (Å²) in [6.45, 7) is 3.21. The fraction of sp³-hybridized carbons (Fsp3) is 0.429. The summed E-state index contributed by atoms with van der Waals surface area (Å²) in [7, 11) is -0.488. The Morgan fingerprint density at radius 3 is 2.25 bits per heavy atom. The number of halogens is 4. The number of methoxy groups -OCH3 is 1. The molecule has 2 aliphatic heterocycles. The molecule has 2 aliphatic rings. The summed E-state index contributed by atoms with van der Waals surface area (Å²) in [5.41, 5.74) is 0.484. The Hall–Kier alpha value is -2.17. The average Bonchev–Trinajstić information content (AvgIpc) is 3.17. The van der Waals surface area contributed by atoms with Gasteiger partial charge in [0.15, 0.2) is 0 Å². The SMILES string of the molecule is COc1ccc(S(=O)(=O)N2CCc3ccc(C(F)(F)F)cc32)cc1N1CCN(C)CC1.Cl. The van der Waals surface area contributed by atoms with E-state index in [9.17, 15) is 21.6 Å². The Bertz CT molecular complexity index is 1090. The summed E-state index contributed by atoms with van der Waals surface area (Å²) >= 11 is 0. The van der Waals surface area contributed by atoms with Crippen molar-refractivity contribution in [1.82, 2.24) is 4.90 Å². The number of hydrogen-bond donors (Lipinski definition) is 0. The van der Waals surface area contributed by atoms with E-state index in [1.54, 1.807) is 12.1 Å². The number of fused-ring (bicyclic) bond motifs is 1. The van der Waals surface area contributed by atoms with Crippen LogP contribution in [0.15, 0.2) is 41.3 Å². The van der Waals surface area contributed by atoms with E-state index in [-0.39, 0.29) is 29.5 Å². The quantitative estimate of drug-likeness (QED) is 0.653. The molecule has 0 atom stereocenters. The Morgan fingerprint density at radius 1 is 0.938 bits per heavy atom.